The van der Waals surface area contributed by atoms with Crippen molar-refractivity contribution >= 4 is 16.7 Å². The highest BCUT2D eigenvalue weighted by Crippen LogP contribution is 2.34. The van der Waals surface area contributed by atoms with Crippen molar-refractivity contribution in [1.29, 1.82) is 0 Å². The molecule has 0 aliphatic carbocycles. The molecule has 1 aromatic heterocycles. The van der Waals surface area contributed by atoms with E-state index < -0.39 is 0 Å². The quantitative estimate of drug-likeness (QED) is 0.865. The maximum Gasteiger partial charge on any atom is 0.162 e. The molecule has 2 aromatic rings. The molecule has 21 heavy (non-hydrogen) atoms. The zero-order valence-electron chi connectivity index (χ0n) is 13.5. The summed E-state index contributed by atoms with van der Waals surface area (Å²) < 4.78 is 10.7. The maximum atomic E-state index is 5.37. The molecule has 0 aliphatic rings. The first kappa shape index (κ1) is 15.4. The lowest BCUT2D eigenvalue weighted by Crippen LogP contribution is -2.06. The first-order chi connectivity index (χ1) is 10.1. The predicted octanol–water partition coefficient (Wildman–Crippen LogP) is 4.20. The molecule has 0 bridgehead atoms. The molecule has 1 N–H and O–H groups in total. The van der Waals surface area contributed by atoms with Crippen LogP contribution in [0.4, 0.5) is 5.82 Å². The Morgan fingerprint density at radius 2 is 1.76 bits per heavy atom. The SMILES string of the molecule is CCCNc1nc2cc(OC)c(OC)cc2cc1C(C)C. The van der Waals surface area contributed by atoms with E-state index in [1.165, 1.54) is 5.56 Å². The molecule has 0 fully saturated rings. The summed E-state index contributed by atoms with van der Waals surface area (Å²) in [5.41, 5.74) is 2.14. The number of benzene rings is 1. The lowest BCUT2D eigenvalue weighted by Gasteiger charge is -2.16. The van der Waals surface area contributed by atoms with Crippen LogP contribution in [0.1, 0.15) is 38.7 Å². The highest BCUT2D eigenvalue weighted by molar-refractivity contribution is 5.85. The largest absolute Gasteiger partial charge is 0.493 e. The van der Waals surface area contributed by atoms with E-state index in [1.807, 2.05) is 12.1 Å². The summed E-state index contributed by atoms with van der Waals surface area (Å²) in [7, 11) is 3.29. The minimum absolute atomic E-state index is 0.411. The molecule has 0 amide bonds. The van der Waals surface area contributed by atoms with Crippen LogP contribution in [-0.4, -0.2) is 25.7 Å². The molecule has 0 atom stereocenters. The Bertz CT molecular complexity index is 624. The number of fused-ring (bicyclic) bond motifs is 1. The highest BCUT2D eigenvalue weighted by atomic mass is 16.5. The van der Waals surface area contributed by atoms with Gasteiger partial charge < -0.3 is 14.8 Å². The Labute approximate surface area is 126 Å². The number of rotatable bonds is 6. The van der Waals surface area contributed by atoms with E-state index in [2.05, 4.69) is 32.2 Å². The van der Waals surface area contributed by atoms with Gasteiger partial charge in [-0.15, -0.1) is 0 Å². The number of methoxy groups -OCH3 is 2. The first-order valence-corrected chi connectivity index (χ1v) is 7.41. The summed E-state index contributed by atoms with van der Waals surface area (Å²) in [6.45, 7) is 7.43. The molecule has 1 heterocycles. The van der Waals surface area contributed by atoms with Crippen LogP contribution in [0.5, 0.6) is 11.5 Å². The molecule has 0 saturated heterocycles. The molecule has 0 radical (unpaired) electrons. The number of aromatic nitrogens is 1. The van der Waals surface area contributed by atoms with Crippen molar-refractivity contribution in [3.05, 3.63) is 23.8 Å². The summed E-state index contributed by atoms with van der Waals surface area (Å²) in [6.07, 6.45) is 1.07. The molecular formula is C17H24N2O2. The fourth-order valence-corrected chi connectivity index (χ4v) is 2.34. The summed E-state index contributed by atoms with van der Waals surface area (Å²) in [5.74, 6) is 2.81. The van der Waals surface area contributed by atoms with Crippen LogP contribution in [0, 0.1) is 0 Å². The Morgan fingerprint density at radius 1 is 1.10 bits per heavy atom. The van der Waals surface area contributed by atoms with Crippen LogP contribution in [0.25, 0.3) is 10.9 Å². The second-order valence-corrected chi connectivity index (χ2v) is 5.41. The minimum atomic E-state index is 0.411. The number of pyridine rings is 1. The minimum Gasteiger partial charge on any atom is -0.493 e. The zero-order chi connectivity index (χ0) is 15.4. The van der Waals surface area contributed by atoms with Gasteiger partial charge in [-0.2, -0.15) is 0 Å². The standard InChI is InChI=1S/C17H24N2O2/c1-6-7-18-17-13(11(2)3)8-12-9-15(20-4)16(21-5)10-14(12)19-17/h8-11H,6-7H2,1-5H3,(H,18,19). The molecule has 0 unspecified atom stereocenters. The lowest BCUT2D eigenvalue weighted by atomic mass is 10.0. The molecule has 4 heteroatoms. The van der Waals surface area contributed by atoms with E-state index in [4.69, 9.17) is 14.5 Å². The smallest absolute Gasteiger partial charge is 0.162 e. The Morgan fingerprint density at radius 3 is 2.33 bits per heavy atom. The van der Waals surface area contributed by atoms with Crippen molar-refractivity contribution in [3.63, 3.8) is 0 Å². The van der Waals surface area contributed by atoms with Crippen LogP contribution < -0.4 is 14.8 Å². The predicted molar refractivity (Wildman–Crippen MR) is 87.7 cm³/mol. The third-order valence-corrected chi connectivity index (χ3v) is 3.51. The van der Waals surface area contributed by atoms with Crippen LogP contribution in [0.15, 0.2) is 18.2 Å². The second kappa shape index (κ2) is 6.66. The van der Waals surface area contributed by atoms with Crippen LogP contribution >= 0.6 is 0 Å². The van der Waals surface area contributed by atoms with E-state index in [1.54, 1.807) is 14.2 Å². The molecule has 0 spiro atoms. The molecular weight excluding hydrogens is 264 g/mol. The van der Waals surface area contributed by atoms with Crippen molar-refractivity contribution in [3.8, 4) is 11.5 Å². The molecule has 1 aromatic carbocycles. The van der Waals surface area contributed by atoms with Crippen molar-refractivity contribution in [2.75, 3.05) is 26.1 Å². The summed E-state index contributed by atoms with van der Waals surface area (Å²) in [4.78, 5) is 4.77. The van der Waals surface area contributed by atoms with Crippen molar-refractivity contribution < 1.29 is 9.47 Å². The van der Waals surface area contributed by atoms with Gasteiger partial charge in [0.2, 0.25) is 0 Å². The fourth-order valence-electron chi connectivity index (χ4n) is 2.34. The molecule has 114 valence electrons. The Hall–Kier alpha value is -1.97. The maximum absolute atomic E-state index is 5.37. The van der Waals surface area contributed by atoms with Gasteiger partial charge >= 0.3 is 0 Å². The van der Waals surface area contributed by atoms with Gasteiger partial charge in [-0.3, -0.25) is 0 Å². The van der Waals surface area contributed by atoms with E-state index >= 15 is 0 Å². The van der Waals surface area contributed by atoms with Gasteiger partial charge in [-0.1, -0.05) is 20.8 Å². The average Bonchev–Trinajstić information content (AvgIpc) is 2.50. The van der Waals surface area contributed by atoms with Gasteiger partial charge in [0.1, 0.15) is 5.82 Å². The highest BCUT2D eigenvalue weighted by Gasteiger charge is 2.13. The second-order valence-electron chi connectivity index (χ2n) is 5.41. The van der Waals surface area contributed by atoms with Crippen LogP contribution in [0.3, 0.4) is 0 Å². The third kappa shape index (κ3) is 3.20. The van der Waals surface area contributed by atoms with Gasteiger partial charge in [-0.25, -0.2) is 4.98 Å². The van der Waals surface area contributed by atoms with Crippen LogP contribution in [-0.2, 0) is 0 Å². The monoisotopic (exact) mass is 288 g/mol. The van der Waals surface area contributed by atoms with Crippen molar-refractivity contribution in [2.45, 2.75) is 33.1 Å². The zero-order valence-corrected chi connectivity index (χ0v) is 13.5. The normalized spacial score (nSPS) is 11.0. The summed E-state index contributed by atoms with van der Waals surface area (Å²) in [5, 5.41) is 4.49. The first-order valence-electron chi connectivity index (χ1n) is 7.41. The van der Waals surface area contributed by atoms with Crippen LogP contribution in [0.2, 0.25) is 0 Å². The number of ether oxygens (including phenoxy) is 2. The fraction of sp³-hybridized carbons (Fsp3) is 0.471. The summed E-state index contributed by atoms with van der Waals surface area (Å²) >= 11 is 0. The third-order valence-electron chi connectivity index (χ3n) is 3.51. The average molecular weight is 288 g/mol. The number of nitrogens with one attached hydrogen (secondary N) is 1. The van der Waals surface area contributed by atoms with Gasteiger partial charge in [0.25, 0.3) is 0 Å². The topological polar surface area (TPSA) is 43.4 Å². The number of hydrogen-bond acceptors (Lipinski definition) is 4. The Kier molecular flexibility index (Phi) is 4.89. The van der Waals surface area contributed by atoms with E-state index in [9.17, 15) is 0 Å². The van der Waals surface area contributed by atoms with Crippen molar-refractivity contribution in [2.24, 2.45) is 0 Å². The molecule has 0 saturated carbocycles. The number of anilines is 1. The number of nitrogens with zero attached hydrogens (tertiary/aromatic N) is 1. The Balaban J connectivity index is 2.60. The number of hydrogen-bond donors (Lipinski definition) is 1. The van der Waals surface area contributed by atoms with Gasteiger partial charge in [-0.05, 0) is 30.0 Å². The van der Waals surface area contributed by atoms with Gasteiger partial charge in [0.15, 0.2) is 11.5 Å². The van der Waals surface area contributed by atoms with E-state index in [0.29, 0.717) is 11.7 Å². The van der Waals surface area contributed by atoms with Gasteiger partial charge in [0, 0.05) is 18.0 Å². The van der Waals surface area contributed by atoms with Crippen molar-refractivity contribution in [1.82, 2.24) is 4.98 Å². The van der Waals surface area contributed by atoms with E-state index in [0.717, 1.165) is 35.4 Å². The molecule has 4 nitrogen and oxygen atoms in total. The molecule has 0 aliphatic heterocycles. The van der Waals surface area contributed by atoms with Gasteiger partial charge in [0.05, 0.1) is 19.7 Å². The molecule has 2 rings (SSSR count). The van der Waals surface area contributed by atoms with E-state index in [-0.39, 0.29) is 0 Å². The summed E-state index contributed by atoms with van der Waals surface area (Å²) in [6, 6.07) is 6.10. The lowest BCUT2D eigenvalue weighted by molar-refractivity contribution is 0.356.